The molecule has 0 unspecified atom stereocenters. The van der Waals surface area contributed by atoms with Gasteiger partial charge >= 0.3 is 5.97 Å². The van der Waals surface area contributed by atoms with E-state index in [-0.39, 0.29) is 11.8 Å². The number of amides is 1. The van der Waals surface area contributed by atoms with Gasteiger partial charge in [-0.25, -0.2) is 4.79 Å². The summed E-state index contributed by atoms with van der Waals surface area (Å²) in [6.45, 7) is 3.89. The van der Waals surface area contributed by atoms with Crippen LogP contribution in [-0.4, -0.2) is 25.0 Å². The van der Waals surface area contributed by atoms with Crippen LogP contribution in [0, 0.1) is 5.92 Å². The van der Waals surface area contributed by atoms with Gasteiger partial charge in [-0.05, 0) is 28.8 Å². The number of carbonyl (C=O) groups is 2. The number of carbonyl (C=O) groups excluding carboxylic acids is 2. The van der Waals surface area contributed by atoms with Crippen LogP contribution in [0.3, 0.4) is 0 Å². The number of hydrogen-bond donors (Lipinski definition) is 1. The van der Waals surface area contributed by atoms with Crippen molar-refractivity contribution in [1.29, 1.82) is 0 Å². The number of benzene rings is 2. The summed E-state index contributed by atoms with van der Waals surface area (Å²) in [4.78, 5) is 24.3. The summed E-state index contributed by atoms with van der Waals surface area (Å²) in [5.74, 6) is -0.665. The van der Waals surface area contributed by atoms with Crippen molar-refractivity contribution in [2.24, 2.45) is 5.92 Å². The van der Waals surface area contributed by atoms with Crippen LogP contribution in [0.25, 0.3) is 10.8 Å². The second kappa shape index (κ2) is 7.07. The Hall–Kier alpha value is -2.36. The fourth-order valence-corrected chi connectivity index (χ4v) is 2.35. The maximum Gasteiger partial charge on any atom is 0.328 e. The second-order valence-corrected chi connectivity index (χ2v) is 5.42. The Morgan fingerprint density at radius 2 is 1.82 bits per heavy atom. The Morgan fingerprint density at radius 1 is 1.14 bits per heavy atom. The van der Waals surface area contributed by atoms with Gasteiger partial charge in [-0.1, -0.05) is 50.6 Å². The van der Waals surface area contributed by atoms with Gasteiger partial charge < -0.3 is 10.1 Å². The van der Waals surface area contributed by atoms with Crippen molar-refractivity contribution in [1.82, 2.24) is 5.32 Å². The van der Waals surface area contributed by atoms with Crippen molar-refractivity contribution < 1.29 is 14.3 Å². The minimum absolute atomic E-state index is 0.0110. The molecule has 4 nitrogen and oxygen atoms in total. The highest BCUT2D eigenvalue weighted by Crippen LogP contribution is 2.16. The van der Waals surface area contributed by atoms with Gasteiger partial charge in [-0.2, -0.15) is 0 Å². The fourth-order valence-electron chi connectivity index (χ4n) is 2.35. The SMILES string of the molecule is CC[C@H](C)[C@@H](NC(=O)c1ccc2ccccc2c1)C(=O)OC. The molecule has 0 aromatic heterocycles. The molecule has 0 spiro atoms. The number of methoxy groups -OCH3 is 1. The van der Waals surface area contributed by atoms with Gasteiger partial charge in [0.25, 0.3) is 5.91 Å². The molecule has 4 heteroatoms. The normalized spacial score (nSPS) is 13.4. The van der Waals surface area contributed by atoms with Gasteiger partial charge in [0.05, 0.1) is 7.11 Å². The highest BCUT2D eigenvalue weighted by atomic mass is 16.5. The smallest absolute Gasteiger partial charge is 0.328 e. The molecule has 0 aliphatic carbocycles. The number of esters is 1. The summed E-state index contributed by atoms with van der Waals surface area (Å²) in [7, 11) is 1.33. The van der Waals surface area contributed by atoms with Crippen LogP contribution in [0.5, 0.6) is 0 Å². The topological polar surface area (TPSA) is 55.4 Å². The van der Waals surface area contributed by atoms with E-state index in [0.29, 0.717) is 5.56 Å². The average Bonchev–Trinajstić information content (AvgIpc) is 2.57. The van der Waals surface area contributed by atoms with E-state index >= 15 is 0 Å². The molecule has 0 heterocycles. The maximum absolute atomic E-state index is 12.4. The summed E-state index contributed by atoms with van der Waals surface area (Å²) in [5.41, 5.74) is 0.538. The van der Waals surface area contributed by atoms with Crippen LogP contribution in [-0.2, 0) is 9.53 Å². The number of ether oxygens (including phenoxy) is 1. The maximum atomic E-state index is 12.4. The molecule has 0 bridgehead atoms. The first kappa shape index (κ1) is 16.0. The Kier molecular flexibility index (Phi) is 5.15. The zero-order chi connectivity index (χ0) is 16.1. The number of nitrogens with one attached hydrogen (secondary N) is 1. The van der Waals surface area contributed by atoms with E-state index in [0.717, 1.165) is 17.2 Å². The Morgan fingerprint density at radius 3 is 2.45 bits per heavy atom. The lowest BCUT2D eigenvalue weighted by Crippen LogP contribution is -2.45. The molecular weight excluding hydrogens is 278 g/mol. The van der Waals surface area contributed by atoms with Crippen molar-refractivity contribution in [3.8, 4) is 0 Å². The Labute approximate surface area is 130 Å². The van der Waals surface area contributed by atoms with Gasteiger partial charge in [0.1, 0.15) is 6.04 Å². The molecule has 0 aliphatic rings. The van der Waals surface area contributed by atoms with E-state index in [1.165, 1.54) is 7.11 Å². The third kappa shape index (κ3) is 3.45. The third-order valence-electron chi connectivity index (χ3n) is 3.97. The average molecular weight is 299 g/mol. The lowest BCUT2D eigenvalue weighted by Gasteiger charge is -2.21. The highest BCUT2D eigenvalue weighted by Gasteiger charge is 2.27. The molecule has 1 N–H and O–H groups in total. The van der Waals surface area contributed by atoms with Crippen molar-refractivity contribution >= 4 is 22.6 Å². The summed E-state index contributed by atoms with van der Waals surface area (Å²) in [5, 5.41) is 4.85. The molecule has 2 atom stereocenters. The van der Waals surface area contributed by atoms with Gasteiger partial charge in [-0.3, -0.25) is 4.79 Å². The summed E-state index contributed by atoms with van der Waals surface area (Å²) < 4.78 is 4.79. The molecule has 22 heavy (non-hydrogen) atoms. The number of fused-ring (bicyclic) bond motifs is 1. The van der Waals surface area contributed by atoms with Gasteiger partial charge in [0, 0.05) is 5.56 Å². The van der Waals surface area contributed by atoms with E-state index in [2.05, 4.69) is 5.32 Å². The molecule has 0 aliphatic heterocycles. The van der Waals surface area contributed by atoms with Crippen LogP contribution < -0.4 is 5.32 Å². The predicted octanol–water partition coefficient (Wildman–Crippen LogP) is 3.16. The second-order valence-electron chi connectivity index (χ2n) is 5.42. The molecule has 0 saturated heterocycles. The van der Waals surface area contributed by atoms with E-state index < -0.39 is 12.0 Å². The van der Waals surface area contributed by atoms with Crippen LogP contribution in [0.4, 0.5) is 0 Å². The van der Waals surface area contributed by atoms with E-state index in [1.54, 1.807) is 6.07 Å². The standard InChI is InChI=1S/C18H21NO3/c1-4-12(2)16(18(21)22-3)19-17(20)15-10-9-13-7-5-6-8-14(13)11-15/h5-12,16H,4H2,1-3H3,(H,19,20)/t12-,16+/m0/s1. The largest absolute Gasteiger partial charge is 0.467 e. The zero-order valence-corrected chi connectivity index (χ0v) is 13.1. The number of rotatable bonds is 5. The monoisotopic (exact) mass is 299 g/mol. The third-order valence-corrected chi connectivity index (χ3v) is 3.97. The minimum Gasteiger partial charge on any atom is -0.467 e. The first-order chi connectivity index (χ1) is 10.6. The van der Waals surface area contributed by atoms with Crippen LogP contribution >= 0.6 is 0 Å². The number of hydrogen-bond acceptors (Lipinski definition) is 3. The van der Waals surface area contributed by atoms with Crippen molar-refractivity contribution in [2.75, 3.05) is 7.11 Å². The van der Waals surface area contributed by atoms with Crippen LogP contribution in [0.2, 0.25) is 0 Å². The fraction of sp³-hybridized carbons (Fsp3) is 0.333. The molecule has 2 rings (SSSR count). The summed E-state index contributed by atoms with van der Waals surface area (Å²) in [6, 6.07) is 12.7. The summed E-state index contributed by atoms with van der Waals surface area (Å²) in [6.07, 6.45) is 0.776. The van der Waals surface area contributed by atoms with Gasteiger partial charge in [0.15, 0.2) is 0 Å². The van der Waals surface area contributed by atoms with Crippen LogP contribution in [0.1, 0.15) is 30.6 Å². The molecular formula is C18H21NO3. The predicted molar refractivity (Wildman–Crippen MR) is 86.7 cm³/mol. The zero-order valence-electron chi connectivity index (χ0n) is 13.1. The van der Waals surface area contributed by atoms with Gasteiger partial charge in [0.2, 0.25) is 0 Å². The van der Waals surface area contributed by atoms with Crippen molar-refractivity contribution in [3.63, 3.8) is 0 Å². The summed E-state index contributed by atoms with van der Waals surface area (Å²) >= 11 is 0. The molecule has 0 saturated carbocycles. The van der Waals surface area contributed by atoms with E-state index in [1.807, 2.05) is 50.2 Å². The lowest BCUT2D eigenvalue weighted by molar-refractivity contribution is -0.144. The van der Waals surface area contributed by atoms with E-state index in [9.17, 15) is 9.59 Å². The first-order valence-electron chi connectivity index (χ1n) is 7.44. The Bertz CT molecular complexity index is 681. The molecule has 1 amide bonds. The van der Waals surface area contributed by atoms with Crippen molar-refractivity contribution in [2.45, 2.75) is 26.3 Å². The van der Waals surface area contributed by atoms with E-state index in [4.69, 9.17) is 4.74 Å². The lowest BCUT2D eigenvalue weighted by atomic mass is 9.98. The molecule has 2 aromatic carbocycles. The minimum atomic E-state index is -0.631. The quantitative estimate of drug-likeness (QED) is 0.863. The Balaban J connectivity index is 2.22. The molecule has 2 aromatic rings. The van der Waals surface area contributed by atoms with Crippen LogP contribution in [0.15, 0.2) is 42.5 Å². The molecule has 0 radical (unpaired) electrons. The first-order valence-corrected chi connectivity index (χ1v) is 7.44. The molecule has 0 fully saturated rings. The van der Waals surface area contributed by atoms with Gasteiger partial charge in [-0.15, -0.1) is 0 Å². The van der Waals surface area contributed by atoms with Crippen molar-refractivity contribution in [3.05, 3.63) is 48.0 Å². The highest BCUT2D eigenvalue weighted by molar-refractivity contribution is 6.00. The molecule has 116 valence electrons.